The zero-order chi connectivity index (χ0) is 14.8. The third kappa shape index (κ3) is 3.29. The SMILES string of the molecule is CNCc1cc(S(=O)(=O)N(C)Cc2ccsc2)c(C)s1. The molecule has 2 aromatic rings. The van der Waals surface area contributed by atoms with Crippen LogP contribution in [0.4, 0.5) is 0 Å². The molecule has 2 heterocycles. The third-order valence-corrected chi connectivity index (χ3v) is 6.79. The molecular formula is C13H18N2O2S3. The Hall–Kier alpha value is -0.730. The Bertz CT molecular complexity index is 660. The number of thiophene rings is 2. The number of rotatable bonds is 6. The summed E-state index contributed by atoms with van der Waals surface area (Å²) >= 11 is 3.10. The second kappa shape index (κ2) is 6.36. The maximum Gasteiger partial charge on any atom is 0.244 e. The van der Waals surface area contributed by atoms with Crippen molar-refractivity contribution in [2.24, 2.45) is 0 Å². The van der Waals surface area contributed by atoms with Gasteiger partial charge in [-0.1, -0.05) is 0 Å². The first kappa shape index (κ1) is 15.7. The van der Waals surface area contributed by atoms with E-state index in [4.69, 9.17) is 0 Å². The molecule has 0 aromatic carbocycles. The second-order valence-electron chi connectivity index (χ2n) is 4.56. The zero-order valence-electron chi connectivity index (χ0n) is 11.7. The molecule has 0 amide bonds. The van der Waals surface area contributed by atoms with Gasteiger partial charge in [-0.15, -0.1) is 11.3 Å². The minimum Gasteiger partial charge on any atom is -0.315 e. The highest BCUT2D eigenvalue weighted by Crippen LogP contribution is 2.28. The van der Waals surface area contributed by atoms with E-state index in [1.165, 1.54) is 15.6 Å². The van der Waals surface area contributed by atoms with Gasteiger partial charge in [0, 0.05) is 29.9 Å². The summed E-state index contributed by atoms with van der Waals surface area (Å²) in [4.78, 5) is 2.30. The lowest BCUT2D eigenvalue weighted by Crippen LogP contribution is -2.26. The largest absolute Gasteiger partial charge is 0.315 e. The monoisotopic (exact) mass is 330 g/mol. The molecule has 110 valence electrons. The number of nitrogens with zero attached hydrogens (tertiary/aromatic N) is 1. The molecule has 2 rings (SSSR count). The van der Waals surface area contributed by atoms with Crippen LogP contribution in [0.5, 0.6) is 0 Å². The summed E-state index contributed by atoms with van der Waals surface area (Å²) < 4.78 is 26.6. The molecule has 0 fully saturated rings. The van der Waals surface area contributed by atoms with Crippen LogP contribution in [0, 0.1) is 6.92 Å². The summed E-state index contributed by atoms with van der Waals surface area (Å²) in [6.07, 6.45) is 0. The summed E-state index contributed by atoms with van der Waals surface area (Å²) in [6, 6.07) is 3.72. The lowest BCUT2D eigenvalue weighted by Gasteiger charge is -2.16. The van der Waals surface area contributed by atoms with E-state index in [0.29, 0.717) is 18.0 Å². The van der Waals surface area contributed by atoms with E-state index in [1.807, 2.05) is 30.8 Å². The Morgan fingerprint density at radius 1 is 1.40 bits per heavy atom. The Labute approximate surface area is 128 Å². The Balaban J connectivity index is 2.25. The van der Waals surface area contributed by atoms with Gasteiger partial charge in [0.25, 0.3) is 0 Å². The van der Waals surface area contributed by atoms with Crippen molar-refractivity contribution in [2.45, 2.75) is 24.9 Å². The predicted octanol–water partition coefficient (Wildman–Crippen LogP) is 2.66. The van der Waals surface area contributed by atoms with Crippen molar-refractivity contribution in [1.29, 1.82) is 0 Å². The van der Waals surface area contributed by atoms with Crippen molar-refractivity contribution in [3.8, 4) is 0 Å². The van der Waals surface area contributed by atoms with Crippen LogP contribution in [0.15, 0.2) is 27.8 Å². The van der Waals surface area contributed by atoms with E-state index >= 15 is 0 Å². The van der Waals surface area contributed by atoms with Crippen molar-refractivity contribution in [1.82, 2.24) is 9.62 Å². The van der Waals surface area contributed by atoms with E-state index in [9.17, 15) is 8.42 Å². The van der Waals surface area contributed by atoms with Crippen LogP contribution in [-0.4, -0.2) is 26.8 Å². The molecule has 4 nitrogen and oxygen atoms in total. The summed E-state index contributed by atoms with van der Waals surface area (Å²) in [5, 5.41) is 6.97. The molecule has 0 unspecified atom stereocenters. The smallest absolute Gasteiger partial charge is 0.244 e. The molecule has 20 heavy (non-hydrogen) atoms. The van der Waals surface area contributed by atoms with Crippen molar-refractivity contribution in [3.63, 3.8) is 0 Å². The van der Waals surface area contributed by atoms with Gasteiger partial charge in [0.1, 0.15) is 0 Å². The van der Waals surface area contributed by atoms with Crippen molar-refractivity contribution >= 4 is 32.7 Å². The average Bonchev–Trinajstić information content (AvgIpc) is 2.99. The number of nitrogens with one attached hydrogen (secondary N) is 1. The highest BCUT2D eigenvalue weighted by atomic mass is 32.2. The minimum atomic E-state index is -3.42. The Morgan fingerprint density at radius 3 is 2.75 bits per heavy atom. The standard InChI is InChI=1S/C13H18N2O2S3/c1-10-13(6-12(19-10)7-14-2)20(16,17)15(3)8-11-4-5-18-9-11/h4-6,9,14H,7-8H2,1-3H3. The van der Waals surface area contributed by atoms with Crippen molar-refractivity contribution in [2.75, 3.05) is 14.1 Å². The Morgan fingerprint density at radius 2 is 2.15 bits per heavy atom. The fraction of sp³-hybridized carbons (Fsp3) is 0.385. The summed E-state index contributed by atoms with van der Waals surface area (Å²) in [7, 11) is 0.0573. The number of hydrogen-bond acceptors (Lipinski definition) is 5. The fourth-order valence-electron chi connectivity index (χ4n) is 1.93. The minimum absolute atomic E-state index is 0.405. The van der Waals surface area contributed by atoms with E-state index in [2.05, 4.69) is 5.32 Å². The molecule has 2 aromatic heterocycles. The normalized spacial score (nSPS) is 12.2. The third-order valence-electron chi connectivity index (χ3n) is 2.95. The van der Waals surface area contributed by atoms with E-state index < -0.39 is 10.0 Å². The molecule has 0 spiro atoms. The van der Waals surface area contributed by atoms with Gasteiger partial charge in [-0.05, 0) is 42.4 Å². The fourth-order valence-corrected chi connectivity index (χ4v) is 5.36. The maximum atomic E-state index is 12.6. The molecule has 0 aliphatic rings. The predicted molar refractivity (Wildman–Crippen MR) is 84.8 cm³/mol. The summed E-state index contributed by atoms with van der Waals surface area (Å²) in [5.41, 5.74) is 1.02. The molecule has 1 N–H and O–H groups in total. The van der Waals surface area contributed by atoms with E-state index in [1.54, 1.807) is 24.5 Å². The van der Waals surface area contributed by atoms with E-state index in [-0.39, 0.29) is 0 Å². The number of sulfonamides is 1. The zero-order valence-corrected chi connectivity index (χ0v) is 14.2. The van der Waals surface area contributed by atoms with Gasteiger partial charge < -0.3 is 5.32 Å². The molecular weight excluding hydrogens is 312 g/mol. The van der Waals surface area contributed by atoms with Crippen LogP contribution in [-0.2, 0) is 23.1 Å². The second-order valence-corrected chi connectivity index (χ2v) is 8.69. The first-order valence-electron chi connectivity index (χ1n) is 6.16. The van der Waals surface area contributed by atoms with Crippen LogP contribution in [0.3, 0.4) is 0 Å². The highest BCUT2D eigenvalue weighted by molar-refractivity contribution is 7.89. The molecule has 0 atom stereocenters. The molecule has 0 radical (unpaired) electrons. The molecule has 7 heteroatoms. The number of hydrogen-bond donors (Lipinski definition) is 1. The quantitative estimate of drug-likeness (QED) is 0.886. The lowest BCUT2D eigenvalue weighted by atomic mass is 10.3. The topological polar surface area (TPSA) is 49.4 Å². The van der Waals surface area contributed by atoms with E-state index in [0.717, 1.165) is 15.3 Å². The molecule has 0 bridgehead atoms. The first-order valence-corrected chi connectivity index (χ1v) is 9.36. The van der Waals surface area contributed by atoms with Gasteiger partial charge in [0.05, 0.1) is 4.90 Å². The van der Waals surface area contributed by atoms with Crippen molar-refractivity contribution < 1.29 is 8.42 Å². The summed E-state index contributed by atoms with van der Waals surface area (Å²) in [6.45, 7) is 2.95. The summed E-state index contributed by atoms with van der Waals surface area (Å²) in [5.74, 6) is 0. The average molecular weight is 330 g/mol. The lowest BCUT2D eigenvalue weighted by molar-refractivity contribution is 0.467. The molecule has 0 aliphatic carbocycles. The van der Waals surface area contributed by atoms with Crippen LogP contribution < -0.4 is 5.32 Å². The van der Waals surface area contributed by atoms with Crippen molar-refractivity contribution in [3.05, 3.63) is 38.2 Å². The Kier molecular flexibility index (Phi) is 4.98. The molecule has 0 saturated carbocycles. The van der Waals surface area contributed by atoms with Crippen LogP contribution >= 0.6 is 22.7 Å². The van der Waals surface area contributed by atoms with Gasteiger partial charge in [0.2, 0.25) is 10.0 Å². The van der Waals surface area contributed by atoms with Gasteiger partial charge in [0.15, 0.2) is 0 Å². The number of aryl methyl sites for hydroxylation is 1. The van der Waals surface area contributed by atoms with Crippen LogP contribution in [0.25, 0.3) is 0 Å². The van der Waals surface area contributed by atoms with Gasteiger partial charge in [-0.25, -0.2) is 8.42 Å². The van der Waals surface area contributed by atoms with Gasteiger partial charge >= 0.3 is 0 Å². The maximum absolute atomic E-state index is 12.6. The molecule has 0 saturated heterocycles. The molecule has 0 aliphatic heterocycles. The van der Waals surface area contributed by atoms with Crippen LogP contribution in [0.2, 0.25) is 0 Å². The van der Waals surface area contributed by atoms with Crippen LogP contribution in [0.1, 0.15) is 15.3 Å². The van der Waals surface area contributed by atoms with Gasteiger partial charge in [-0.3, -0.25) is 0 Å². The van der Waals surface area contributed by atoms with Gasteiger partial charge in [-0.2, -0.15) is 15.6 Å². The highest BCUT2D eigenvalue weighted by Gasteiger charge is 2.25. The first-order chi connectivity index (χ1) is 9.45.